The van der Waals surface area contributed by atoms with Crippen molar-refractivity contribution in [2.24, 2.45) is 0 Å². The predicted molar refractivity (Wildman–Crippen MR) is 44.9 cm³/mol. The van der Waals surface area contributed by atoms with Crippen LogP contribution in [0.5, 0.6) is 0 Å². The summed E-state index contributed by atoms with van der Waals surface area (Å²) in [6.07, 6.45) is 4.94. The number of carbonyl (C=O) groups excluding carboxylic acids is 1. The van der Waals surface area contributed by atoms with Gasteiger partial charge in [-0.3, -0.25) is 9.63 Å². The Hall–Kier alpha value is -1.29. The van der Waals surface area contributed by atoms with Gasteiger partial charge in [0.05, 0.1) is 18.4 Å². The summed E-state index contributed by atoms with van der Waals surface area (Å²) in [5, 5.41) is 1.40. The molecule has 0 atom stereocenters. The average Bonchev–Trinajstić information content (AvgIpc) is 2.71. The fourth-order valence-electron chi connectivity index (χ4n) is 1.29. The van der Waals surface area contributed by atoms with Crippen molar-refractivity contribution in [2.45, 2.75) is 12.8 Å². The van der Waals surface area contributed by atoms with E-state index in [2.05, 4.69) is 0 Å². The van der Waals surface area contributed by atoms with Crippen molar-refractivity contribution in [2.75, 3.05) is 13.2 Å². The van der Waals surface area contributed by atoms with Crippen molar-refractivity contribution in [3.8, 4) is 0 Å². The molecular weight excluding hydrogens is 170 g/mol. The molecule has 2 heterocycles. The molecule has 1 aliphatic heterocycles. The Labute approximate surface area is 76.0 Å². The van der Waals surface area contributed by atoms with Crippen LogP contribution in [-0.4, -0.2) is 24.1 Å². The van der Waals surface area contributed by atoms with E-state index in [-0.39, 0.29) is 5.91 Å². The van der Waals surface area contributed by atoms with E-state index in [0.29, 0.717) is 18.7 Å². The zero-order valence-electron chi connectivity index (χ0n) is 7.23. The number of hydroxylamine groups is 2. The number of hydrogen-bond acceptors (Lipinski definition) is 3. The lowest BCUT2D eigenvalue weighted by Crippen LogP contribution is -2.35. The van der Waals surface area contributed by atoms with Crippen LogP contribution in [0.2, 0.25) is 0 Å². The zero-order valence-corrected chi connectivity index (χ0v) is 7.23. The van der Waals surface area contributed by atoms with Crippen LogP contribution < -0.4 is 0 Å². The molecule has 1 aromatic heterocycles. The van der Waals surface area contributed by atoms with Gasteiger partial charge in [-0.05, 0) is 18.9 Å². The highest BCUT2D eigenvalue weighted by Crippen LogP contribution is 2.11. The Morgan fingerprint density at radius 2 is 2.38 bits per heavy atom. The number of amides is 1. The smallest absolute Gasteiger partial charge is 0.280 e. The molecule has 1 aliphatic rings. The fraction of sp³-hybridized carbons (Fsp3) is 0.444. The Bertz CT molecular complexity index is 275. The summed E-state index contributed by atoms with van der Waals surface area (Å²) in [5.74, 6) is -0.117. The second-order valence-corrected chi connectivity index (χ2v) is 2.96. The van der Waals surface area contributed by atoms with Gasteiger partial charge in [-0.15, -0.1) is 0 Å². The van der Waals surface area contributed by atoms with Crippen molar-refractivity contribution in [3.05, 3.63) is 24.2 Å². The number of nitrogens with zero attached hydrogens (tertiary/aromatic N) is 1. The summed E-state index contributed by atoms with van der Waals surface area (Å²) in [4.78, 5) is 16.8. The van der Waals surface area contributed by atoms with E-state index < -0.39 is 0 Å². The molecule has 0 bridgehead atoms. The minimum Gasteiger partial charge on any atom is -0.472 e. The first-order chi connectivity index (χ1) is 6.38. The van der Waals surface area contributed by atoms with Crippen molar-refractivity contribution in [1.29, 1.82) is 0 Å². The van der Waals surface area contributed by atoms with Crippen molar-refractivity contribution in [3.63, 3.8) is 0 Å². The summed E-state index contributed by atoms with van der Waals surface area (Å²) in [6.45, 7) is 1.30. The van der Waals surface area contributed by atoms with Crippen LogP contribution in [0.1, 0.15) is 23.2 Å². The third kappa shape index (κ3) is 1.72. The summed E-state index contributed by atoms with van der Waals surface area (Å²) in [6, 6.07) is 1.64. The highest BCUT2D eigenvalue weighted by molar-refractivity contribution is 5.93. The lowest BCUT2D eigenvalue weighted by Gasteiger charge is -2.25. The first-order valence-electron chi connectivity index (χ1n) is 4.35. The second-order valence-electron chi connectivity index (χ2n) is 2.96. The lowest BCUT2D eigenvalue weighted by atomic mass is 10.2. The van der Waals surface area contributed by atoms with Gasteiger partial charge >= 0.3 is 0 Å². The van der Waals surface area contributed by atoms with E-state index in [1.54, 1.807) is 6.07 Å². The molecule has 13 heavy (non-hydrogen) atoms. The van der Waals surface area contributed by atoms with Gasteiger partial charge in [-0.2, -0.15) is 0 Å². The summed E-state index contributed by atoms with van der Waals surface area (Å²) in [5.41, 5.74) is 0.543. The molecule has 0 aromatic carbocycles. The molecular formula is C9H11NO3. The van der Waals surface area contributed by atoms with E-state index in [4.69, 9.17) is 9.25 Å². The molecule has 0 N–H and O–H groups in total. The van der Waals surface area contributed by atoms with E-state index in [1.807, 2.05) is 0 Å². The quantitative estimate of drug-likeness (QED) is 0.658. The zero-order chi connectivity index (χ0) is 9.10. The molecule has 1 fully saturated rings. The maximum atomic E-state index is 11.6. The summed E-state index contributed by atoms with van der Waals surface area (Å²) >= 11 is 0. The van der Waals surface area contributed by atoms with Crippen LogP contribution >= 0.6 is 0 Å². The van der Waals surface area contributed by atoms with Crippen LogP contribution in [0, 0.1) is 0 Å². The van der Waals surface area contributed by atoms with E-state index in [1.165, 1.54) is 17.6 Å². The van der Waals surface area contributed by atoms with Crippen molar-refractivity contribution < 1.29 is 14.0 Å². The molecule has 1 aromatic rings. The van der Waals surface area contributed by atoms with Gasteiger partial charge in [0.25, 0.3) is 5.91 Å². The molecule has 70 valence electrons. The van der Waals surface area contributed by atoms with Crippen LogP contribution in [0.3, 0.4) is 0 Å². The number of furan rings is 1. The standard InChI is InChI=1S/C9H11NO3/c11-9(8-3-6-12-7-8)10-4-1-2-5-13-10/h3,6-7H,1-2,4-5H2. The second kappa shape index (κ2) is 3.62. The maximum Gasteiger partial charge on any atom is 0.280 e. The Morgan fingerprint density at radius 3 is 3.00 bits per heavy atom. The Balaban J connectivity index is 2.04. The first kappa shape index (κ1) is 8.31. The number of rotatable bonds is 1. The Morgan fingerprint density at radius 1 is 1.46 bits per heavy atom. The van der Waals surface area contributed by atoms with Gasteiger partial charge in [0.1, 0.15) is 6.26 Å². The largest absolute Gasteiger partial charge is 0.472 e. The normalized spacial score (nSPS) is 17.4. The topological polar surface area (TPSA) is 42.7 Å². The van der Waals surface area contributed by atoms with Gasteiger partial charge < -0.3 is 4.42 Å². The fourth-order valence-corrected chi connectivity index (χ4v) is 1.29. The lowest BCUT2D eigenvalue weighted by molar-refractivity contribution is -0.144. The SMILES string of the molecule is O=C(c1ccoc1)N1CCCCO1. The van der Waals surface area contributed by atoms with Crippen molar-refractivity contribution in [1.82, 2.24) is 5.06 Å². The van der Waals surface area contributed by atoms with E-state index in [9.17, 15) is 4.79 Å². The predicted octanol–water partition coefficient (Wildman–Crippen LogP) is 1.45. The Kier molecular flexibility index (Phi) is 2.31. The van der Waals surface area contributed by atoms with Crippen LogP contribution in [0.25, 0.3) is 0 Å². The summed E-state index contributed by atoms with van der Waals surface area (Å²) < 4.78 is 4.82. The average molecular weight is 181 g/mol. The van der Waals surface area contributed by atoms with Gasteiger partial charge in [-0.25, -0.2) is 5.06 Å². The minimum atomic E-state index is -0.117. The molecule has 0 saturated carbocycles. The molecule has 1 saturated heterocycles. The third-order valence-electron chi connectivity index (χ3n) is 2.00. The van der Waals surface area contributed by atoms with Crippen LogP contribution in [-0.2, 0) is 4.84 Å². The number of carbonyl (C=O) groups is 1. The minimum absolute atomic E-state index is 0.117. The van der Waals surface area contributed by atoms with E-state index >= 15 is 0 Å². The molecule has 1 amide bonds. The molecule has 0 aliphatic carbocycles. The summed E-state index contributed by atoms with van der Waals surface area (Å²) in [7, 11) is 0. The number of hydrogen-bond donors (Lipinski definition) is 0. The van der Waals surface area contributed by atoms with Gasteiger partial charge in [0.2, 0.25) is 0 Å². The van der Waals surface area contributed by atoms with Crippen LogP contribution in [0.15, 0.2) is 23.0 Å². The maximum absolute atomic E-state index is 11.6. The highest BCUT2D eigenvalue weighted by Gasteiger charge is 2.19. The molecule has 0 spiro atoms. The highest BCUT2D eigenvalue weighted by atomic mass is 16.7. The molecule has 0 radical (unpaired) electrons. The van der Waals surface area contributed by atoms with Gasteiger partial charge in [0.15, 0.2) is 0 Å². The third-order valence-corrected chi connectivity index (χ3v) is 2.00. The van der Waals surface area contributed by atoms with Crippen LogP contribution in [0.4, 0.5) is 0 Å². The molecule has 2 rings (SSSR count). The monoisotopic (exact) mass is 181 g/mol. The van der Waals surface area contributed by atoms with Gasteiger partial charge in [-0.1, -0.05) is 0 Å². The van der Waals surface area contributed by atoms with E-state index in [0.717, 1.165) is 12.8 Å². The molecule has 4 heteroatoms. The first-order valence-corrected chi connectivity index (χ1v) is 4.35. The van der Waals surface area contributed by atoms with Crippen molar-refractivity contribution >= 4 is 5.91 Å². The van der Waals surface area contributed by atoms with Gasteiger partial charge in [0, 0.05) is 6.54 Å². The molecule has 4 nitrogen and oxygen atoms in total. The molecule has 0 unspecified atom stereocenters.